The Morgan fingerprint density at radius 3 is 2.43 bits per heavy atom. The summed E-state index contributed by atoms with van der Waals surface area (Å²) in [6.45, 7) is 1.99. The number of urea groups is 1. The Hall–Kier alpha value is -2.94. The van der Waals surface area contributed by atoms with Gasteiger partial charge in [0.15, 0.2) is 9.84 Å². The van der Waals surface area contributed by atoms with Gasteiger partial charge in [-0.3, -0.25) is 4.90 Å². The lowest BCUT2D eigenvalue weighted by molar-refractivity contribution is 0.0600. The first kappa shape index (κ1) is 21.8. The maximum atomic E-state index is 14.7. The second-order valence-electron chi connectivity index (χ2n) is 7.14. The van der Waals surface area contributed by atoms with Crippen LogP contribution in [0.4, 0.5) is 14.9 Å². The number of methoxy groups -OCH3 is 1. The lowest BCUT2D eigenvalue weighted by atomic mass is 10.1. The number of sulfone groups is 1. The van der Waals surface area contributed by atoms with Crippen LogP contribution in [-0.4, -0.2) is 57.0 Å². The molecule has 0 bridgehead atoms. The molecular formula is C21H23FN2O5S. The molecule has 160 valence electrons. The number of anilines is 1. The van der Waals surface area contributed by atoms with Crippen molar-refractivity contribution in [3.63, 3.8) is 0 Å². The van der Waals surface area contributed by atoms with Gasteiger partial charge in [-0.15, -0.1) is 0 Å². The number of nitrogens with zero attached hydrogens (tertiary/aromatic N) is 2. The summed E-state index contributed by atoms with van der Waals surface area (Å²) in [5.41, 5.74) is 1.80. The SMILES string of the molecule is COC(=O)c1ccc(CN(C(=O)N2CCS(=O)(=O)CC2)c2cccc(C)c2)c(F)c1. The van der Waals surface area contributed by atoms with Crippen molar-refractivity contribution >= 4 is 27.5 Å². The molecular weight excluding hydrogens is 411 g/mol. The van der Waals surface area contributed by atoms with Crippen molar-refractivity contribution in [3.8, 4) is 0 Å². The van der Waals surface area contributed by atoms with E-state index in [1.165, 1.54) is 29.0 Å². The molecule has 0 radical (unpaired) electrons. The fourth-order valence-electron chi connectivity index (χ4n) is 3.23. The summed E-state index contributed by atoms with van der Waals surface area (Å²) in [7, 11) is -1.93. The number of aryl methyl sites for hydroxylation is 1. The van der Waals surface area contributed by atoms with Crippen LogP contribution in [0.25, 0.3) is 0 Å². The van der Waals surface area contributed by atoms with Gasteiger partial charge in [0.05, 0.1) is 30.7 Å². The first-order valence-corrected chi connectivity index (χ1v) is 11.2. The van der Waals surface area contributed by atoms with E-state index in [9.17, 15) is 22.4 Å². The molecule has 1 saturated heterocycles. The topological polar surface area (TPSA) is 84.0 Å². The highest BCUT2D eigenvalue weighted by Gasteiger charge is 2.29. The van der Waals surface area contributed by atoms with E-state index >= 15 is 0 Å². The second kappa shape index (κ2) is 8.83. The van der Waals surface area contributed by atoms with Crippen LogP contribution in [0.15, 0.2) is 42.5 Å². The van der Waals surface area contributed by atoms with E-state index in [-0.39, 0.29) is 42.3 Å². The summed E-state index contributed by atoms with van der Waals surface area (Å²) in [5, 5.41) is 0. The lowest BCUT2D eigenvalue weighted by Crippen LogP contribution is -2.49. The van der Waals surface area contributed by atoms with Gasteiger partial charge in [-0.2, -0.15) is 0 Å². The third-order valence-electron chi connectivity index (χ3n) is 4.96. The van der Waals surface area contributed by atoms with Crippen LogP contribution in [0.1, 0.15) is 21.5 Å². The highest BCUT2D eigenvalue weighted by Crippen LogP contribution is 2.23. The van der Waals surface area contributed by atoms with Crippen molar-refractivity contribution < 1.29 is 27.1 Å². The quantitative estimate of drug-likeness (QED) is 0.691. The number of halogens is 1. The minimum absolute atomic E-state index is 0.0706. The van der Waals surface area contributed by atoms with Gasteiger partial charge in [-0.05, 0) is 36.8 Å². The van der Waals surface area contributed by atoms with E-state index in [1.54, 1.807) is 18.2 Å². The fraction of sp³-hybridized carbons (Fsp3) is 0.333. The molecule has 0 aromatic heterocycles. The predicted molar refractivity (Wildman–Crippen MR) is 111 cm³/mol. The van der Waals surface area contributed by atoms with Crippen LogP contribution in [0, 0.1) is 12.7 Å². The Morgan fingerprint density at radius 2 is 1.83 bits per heavy atom. The Labute approximate surface area is 175 Å². The third-order valence-corrected chi connectivity index (χ3v) is 6.57. The molecule has 0 saturated carbocycles. The van der Waals surface area contributed by atoms with E-state index in [0.29, 0.717) is 5.69 Å². The van der Waals surface area contributed by atoms with Crippen LogP contribution < -0.4 is 4.90 Å². The maximum Gasteiger partial charge on any atom is 0.337 e. The van der Waals surface area contributed by atoms with Crippen molar-refractivity contribution in [2.75, 3.05) is 36.6 Å². The molecule has 0 unspecified atom stereocenters. The highest BCUT2D eigenvalue weighted by atomic mass is 32.2. The number of esters is 1. The average molecular weight is 434 g/mol. The molecule has 2 amide bonds. The van der Waals surface area contributed by atoms with Gasteiger partial charge >= 0.3 is 12.0 Å². The number of ether oxygens (including phenoxy) is 1. The molecule has 7 nitrogen and oxygen atoms in total. The van der Waals surface area contributed by atoms with E-state index in [4.69, 9.17) is 0 Å². The Morgan fingerprint density at radius 1 is 1.13 bits per heavy atom. The standard InChI is InChI=1S/C21H23FN2O5S/c1-15-4-3-5-18(12-15)24(21(26)23-8-10-30(27,28)11-9-23)14-17-7-6-16(13-19(17)22)20(25)29-2/h3-7,12-13H,8-11,14H2,1-2H3. The minimum atomic E-state index is -3.14. The monoisotopic (exact) mass is 434 g/mol. The van der Waals surface area contributed by atoms with E-state index in [2.05, 4.69) is 4.74 Å². The predicted octanol–water partition coefficient (Wildman–Crippen LogP) is 2.78. The molecule has 2 aromatic rings. The second-order valence-corrected chi connectivity index (χ2v) is 9.45. The van der Waals surface area contributed by atoms with Gasteiger partial charge in [-0.1, -0.05) is 18.2 Å². The smallest absolute Gasteiger partial charge is 0.337 e. The van der Waals surface area contributed by atoms with Gasteiger partial charge < -0.3 is 9.64 Å². The zero-order valence-electron chi connectivity index (χ0n) is 16.8. The summed E-state index contributed by atoms with van der Waals surface area (Å²) in [6.07, 6.45) is 0. The van der Waals surface area contributed by atoms with Crippen molar-refractivity contribution in [3.05, 3.63) is 65.0 Å². The molecule has 2 aromatic carbocycles. The van der Waals surface area contributed by atoms with E-state index in [1.807, 2.05) is 13.0 Å². The first-order valence-electron chi connectivity index (χ1n) is 9.40. The average Bonchev–Trinajstić information content (AvgIpc) is 2.71. The van der Waals surface area contributed by atoms with Gasteiger partial charge in [0.1, 0.15) is 5.82 Å². The van der Waals surface area contributed by atoms with E-state index in [0.717, 1.165) is 11.6 Å². The van der Waals surface area contributed by atoms with Crippen LogP contribution >= 0.6 is 0 Å². The maximum absolute atomic E-state index is 14.7. The van der Waals surface area contributed by atoms with Gasteiger partial charge in [-0.25, -0.2) is 22.4 Å². The van der Waals surface area contributed by atoms with Crippen LogP contribution in [0.2, 0.25) is 0 Å². The number of amides is 2. The van der Waals surface area contributed by atoms with Crippen LogP contribution in [0.5, 0.6) is 0 Å². The van der Waals surface area contributed by atoms with Crippen LogP contribution in [-0.2, 0) is 21.1 Å². The summed E-state index contributed by atoms with van der Waals surface area (Å²) in [5.74, 6) is -1.48. The molecule has 3 rings (SSSR count). The summed E-state index contributed by atoms with van der Waals surface area (Å²) >= 11 is 0. The van der Waals surface area contributed by atoms with Crippen LogP contribution in [0.3, 0.4) is 0 Å². The fourth-order valence-corrected chi connectivity index (χ4v) is 4.43. The zero-order chi connectivity index (χ0) is 21.9. The normalized spacial score (nSPS) is 15.5. The number of rotatable bonds is 4. The molecule has 0 atom stereocenters. The zero-order valence-corrected chi connectivity index (χ0v) is 17.6. The number of hydrogen-bond donors (Lipinski definition) is 0. The Bertz CT molecular complexity index is 1060. The van der Waals surface area contributed by atoms with Gasteiger partial charge in [0.2, 0.25) is 0 Å². The summed E-state index contributed by atoms with van der Waals surface area (Å²) in [6, 6.07) is 10.8. The molecule has 9 heteroatoms. The summed E-state index contributed by atoms with van der Waals surface area (Å²) < 4.78 is 42.7. The molecule has 30 heavy (non-hydrogen) atoms. The highest BCUT2D eigenvalue weighted by molar-refractivity contribution is 7.91. The number of benzene rings is 2. The molecule has 1 aliphatic rings. The Kier molecular flexibility index (Phi) is 6.40. The number of carbonyl (C=O) groups excluding carboxylic acids is 2. The summed E-state index contributed by atoms with van der Waals surface area (Å²) in [4.78, 5) is 27.7. The van der Waals surface area contributed by atoms with Crippen molar-refractivity contribution in [2.45, 2.75) is 13.5 Å². The first-order chi connectivity index (χ1) is 14.2. The number of carbonyl (C=O) groups is 2. The molecule has 1 fully saturated rings. The lowest BCUT2D eigenvalue weighted by Gasteiger charge is -2.33. The van der Waals surface area contributed by atoms with Gasteiger partial charge in [0, 0.05) is 24.3 Å². The molecule has 0 N–H and O–H groups in total. The third kappa shape index (κ3) is 4.96. The van der Waals surface area contributed by atoms with Crippen molar-refractivity contribution in [1.82, 2.24) is 4.90 Å². The van der Waals surface area contributed by atoms with Gasteiger partial charge in [0.25, 0.3) is 0 Å². The van der Waals surface area contributed by atoms with Crippen molar-refractivity contribution in [2.24, 2.45) is 0 Å². The van der Waals surface area contributed by atoms with Crippen molar-refractivity contribution in [1.29, 1.82) is 0 Å². The minimum Gasteiger partial charge on any atom is -0.465 e. The molecule has 0 aliphatic carbocycles. The molecule has 0 spiro atoms. The van der Waals surface area contributed by atoms with E-state index < -0.39 is 27.7 Å². The molecule has 1 heterocycles. The number of hydrogen-bond acceptors (Lipinski definition) is 5. The largest absolute Gasteiger partial charge is 0.465 e. The molecule has 1 aliphatic heterocycles. The Balaban J connectivity index is 1.91.